The van der Waals surface area contributed by atoms with Crippen molar-refractivity contribution in [2.45, 2.75) is 19.8 Å². The van der Waals surface area contributed by atoms with E-state index >= 15 is 0 Å². The molecule has 0 heterocycles. The van der Waals surface area contributed by atoms with E-state index in [0.717, 1.165) is 18.9 Å². The number of urea groups is 1. The van der Waals surface area contributed by atoms with Gasteiger partial charge in [-0.15, -0.1) is 0 Å². The molecule has 0 radical (unpaired) electrons. The third-order valence-corrected chi connectivity index (χ3v) is 3.90. The quantitative estimate of drug-likeness (QED) is 0.506. The summed E-state index contributed by atoms with van der Waals surface area (Å²) in [6, 6.07) is 7.61. The molecule has 0 saturated carbocycles. The van der Waals surface area contributed by atoms with Gasteiger partial charge in [-0.1, -0.05) is 24.9 Å². The van der Waals surface area contributed by atoms with Crippen LogP contribution < -0.4 is 15.4 Å². The fourth-order valence-corrected chi connectivity index (χ4v) is 2.41. The Morgan fingerprint density at radius 2 is 1.93 bits per heavy atom. The molecule has 0 spiro atoms. The summed E-state index contributed by atoms with van der Waals surface area (Å²) in [6.45, 7) is 2.33. The number of carbonyl (C=O) groups excluding carboxylic acids is 2. The highest BCUT2D eigenvalue weighted by molar-refractivity contribution is 6.33. The van der Waals surface area contributed by atoms with Gasteiger partial charge in [0.15, 0.2) is 0 Å². The Morgan fingerprint density at radius 1 is 1.15 bits per heavy atom. The van der Waals surface area contributed by atoms with Crippen LogP contribution in [-0.4, -0.2) is 25.7 Å². The van der Waals surface area contributed by atoms with E-state index in [-0.39, 0.29) is 22.0 Å². The lowest BCUT2D eigenvalue weighted by Crippen LogP contribution is -2.20. The van der Waals surface area contributed by atoms with Crippen LogP contribution in [0.3, 0.4) is 0 Å². The summed E-state index contributed by atoms with van der Waals surface area (Å²) in [5.74, 6) is -0.722. The van der Waals surface area contributed by atoms with E-state index in [2.05, 4.69) is 10.6 Å². The highest BCUT2D eigenvalue weighted by Gasteiger charge is 2.15. The molecule has 2 N–H and O–H groups in total. The minimum absolute atomic E-state index is 0.0768. The zero-order chi connectivity index (χ0) is 19.8. The first-order chi connectivity index (χ1) is 12.9. The third-order valence-electron chi connectivity index (χ3n) is 3.59. The van der Waals surface area contributed by atoms with Crippen molar-refractivity contribution in [1.82, 2.24) is 0 Å². The Morgan fingerprint density at radius 3 is 2.59 bits per heavy atom. The Labute approximate surface area is 161 Å². The first kappa shape index (κ1) is 20.5. The largest absolute Gasteiger partial charge is 0.496 e. The van der Waals surface area contributed by atoms with Crippen LogP contribution in [0.5, 0.6) is 5.75 Å². The van der Waals surface area contributed by atoms with Crippen LogP contribution in [-0.2, 0) is 4.74 Å². The summed E-state index contributed by atoms with van der Waals surface area (Å²) in [4.78, 5) is 24.2. The number of carbonyl (C=O) groups is 2. The zero-order valence-electron chi connectivity index (χ0n) is 15.0. The molecule has 2 rings (SSSR count). The van der Waals surface area contributed by atoms with Crippen molar-refractivity contribution in [2.24, 2.45) is 0 Å². The normalized spacial score (nSPS) is 10.2. The fourth-order valence-electron chi connectivity index (χ4n) is 2.20. The molecule has 0 bridgehead atoms. The number of halogens is 2. The van der Waals surface area contributed by atoms with Crippen LogP contribution in [0.25, 0.3) is 0 Å². The van der Waals surface area contributed by atoms with Crippen LogP contribution in [0.15, 0.2) is 36.4 Å². The SMILES string of the molecule is CCCCOC(=O)c1ccc(NC(=O)Nc2ccc(F)cc2Cl)cc1OC. The summed E-state index contributed by atoms with van der Waals surface area (Å²) in [5, 5.41) is 5.18. The second kappa shape index (κ2) is 9.78. The van der Waals surface area contributed by atoms with Crippen LogP contribution >= 0.6 is 11.6 Å². The van der Waals surface area contributed by atoms with Gasteiger partial charge < -0.3 is 20.1 Å². The first-order valence-corrected chi connectivity index (χ1v) is 8.70. The molecule has 27 heavy (non-hydrogen) atoms. The Bertz CT molecular complexity index is 829. The van der Waals surface area contributed by atoms with Gasteiger partial charge in [0.1, 0.15) is 17.1 Å². The summed E-state index contributed by atoms with van der Waals surface area (Å²) in [5.41, 5.74) is 0.924. The number of benzene rings is 2. The van der Waals surface area contributed by atoms with Crippen LogP contribution in [0.1, 0.15) is 30.1 Å². The Balaban J connectivity index is 2.06. The predicted molar refractivity (Wildman–Crippen MR) is 102 cm³/mol. The monoisotopic (exact) mass is 394 g/mol. The van der Waals surface area contributed by atoms with Gasteiger partial charge in [-0.25, -0.2) is 14.0 Å². The maximum Gasteiger partial charge on any atom is 0.341 e. The van der Waals surface area contributed by atoms with Gasteiger partial charge in [-0.2, -0.15) is 0 Å². The average Bonchev–Trinajstić information content (AvgIpc) is 2.64. The maximum absolute atomic E-state index is 13.1. The van der Waals surface area contributed by atoms with Crippen molar-refractivity contribution in [3.63, 3.8) is 0 Å². The minimum Gasteiger partial charge on any atom is -0.496 e. The van der Waals surface area contributed by atoms with E-state index in [9.17, 15) is 14.0 Å². The van der Waals surface area contributed by atoms with E-state index in [1.54, 1.807) is 6.07 Å². The molecule has 2 aromatic rings. The highest BCUT2D eigenvalue weighted by Crippen LogP contribution is 2.25. The molecule has 6 nitrogen and oxygen atoms in total. The number of hydrogen-bond donors (Lipinski definition) is 2. The first-order valence-electron chi connectivity index (χ1n) is 8.32. The van der Waals surface area contributed by atoms with Crippen LogP contribution in [0.4, 0.5) is 20.6 Å². The summed E-state index contributed by atoms with van der Waals surface area (Å²) < 4.78 is 23.4. The number of esters is 1. The van der Waals surface area contributed by atoms with Gasteiger partial charge >= 0.3 is 12.0 Å². The van der Waals surface area contributed by atoms with Crippen molar-refractivity contribution in [3.05, 3.63) is 52.8 Å². The van der Waals surface area contributed by atoms with Crippen molar-refractivity contribution in [1.29, 1.82) is 0 Å². The molecule has 2 aromatic carbocycles. The number of methoxy groups -OCH3 is 1. The molecule has 0 atom stereocenters. The van der Waals surface area contributed by atoms with Gasteiger partial charge in [0.25, 0.3) is 0 Å². The zero-order valence-corrected chi connectivity index (χ0v) is 15.7. The fraction of sp³-hybridized carbons (Fsp3) is 0.263. The van der Waals surface area contributed by atoms with Gasteiger partial charge in [-0.05, 0) is 36.8 Å². The molecule has 0 saturated heterocycles. The third kappa shape index (κ3) is 5.86. The highest BCUT2D eigenvalue weighted by atomic mass is 35.5. The van der Waals surface area contributed by atoms with Crippen molar-refractivity contribution < 1.29 is 23.5 Å². The molecule has 8 heteroatoms. The number of anilines is 2. The van der Waals surface area contributed by atoms with E-state index in [0.29, 0.717) is 12.3 Å². The molecule has 0 aliphatic rings. The molecular weight excluding hydrogens is 375 g/mol. The van der Waals surface area contributed by atoms with E-state index in [1.807, 2.05) is 6.92 Å². The van der Waals surface area contributed by atoms with Crippen LogP contribution in [0, 0.1) is 5.82 Å². The van der Waals surface area contributed by atoms with E-state index in [4.69, 9.17) is 21.1 Å². The van der Waals surface area contributed by atoms with E-state index in [1.165, 1.54) is 31.4 Å². The standard InChI is InChI=1S/C19H20ClFN2O4/c1-3-4-9-27-18(24)14-7-6-13(11-17(14)26-2)22-19(25)23-16-8-5-12(21)10-15(16)20/h5-8,10-11H,3-4,9H2,1-2H3,(H2,22,23,25). The molecule has 0 aromatic heterocycles. The molecular formula is C19H20ClFN2O4. The lowest BCUT2D eigenvalue weighted by atomic mass is 10.2. The van der Waals surface area contributed by atoms with Crippen molar-refractivity contribution in [3.8, 4) is 5.75 Å². The molecule has 0 fully saturated rings. The average molecular weight is 395 g/mol. The van der Waals surface area contributed by atoms with Gasteiger partial charge in [0.05, 0.1) is 24.4 Å². The predicted octanol–water partition coefficient (Wildman–Crippen LogP) is 5.09. The number of nitrogens with one attached hydrogen (secondary N) is 2. The molecule has 0 aliphatic heterocycles. The van der Waals surface area contributed by atoms with Gasteiger partial charge in [-0.3, -0.25) is 0 Å². The van der Waals surface area contributed by atoms with E-state index < -0.39 is 17.8 Å². The minimum atomic E-state index is -0.580. The summed E-state index contributed by atoms with van der Waals surface area (Å²) >= 11 is 5.88. The van der Waals surface area contributed by atoms with Crippen LogP contribution in [0.2, 0.25) is 5.02 Å². The second-order valence-corrected chi connectivity index (χ2v) is 6.02. The Kier molecular flexibility index (Phi) is 7.43. The smallest absolute Gasteiger partial charge is 0.341 e. The van der Waals surface area contributed by atoms with Gasteiger partial charge in [0.2, 0.25) is 0 Å². The molecule has 144 valence electrons. The van der Waals surface area contributed by atoms with Crippen molar-refractivity contribution >= 4 is 35.0 Å². The number of hydrogen-bond acceptors (Lipinski definition) is 4. The molecule has 2 amide bonds. The number of rotatable bonds is 7. The number of unbranched alkanes of at least 4 members (excludes halogenated alkanes) is 1. The lowest BCUT2D eigenvalue weighted by Gasteiger charge is -2.12. The summed E-state index contributed by atoms with van der Waals surface area (Å²) in [7, 11) is 1.42. The van der Waals surface area contributed by atoms with Gasteiger partial charge in [0, 0.05) is 11.8 Å². The second-order valence-electron chi connectivity index (χ2n) is 5.61. The maximum atomic E-state index is 13.1. The molecule has 0 unspecified atom stereocenters. The Hall–Kier alpha value is -2.80. The number of ether oxygens (including phenoxy) is 2. The topological polar surface area (TPSA) is 76.7 Å². The number of amides is 2. The lowest BCUT2D eigenvalue weighted by molar-refractivity contribution is 0.0496. The summed E-state index contributed by atoms with van der Waals surface area (Å²) in [6.07, 6.45) is 1.69. The van der Waals surface area contributed by atoms with Crippen molar-refractivity contribution in [2.75, 3.05) is 24.4 Å². The molecule has 0 aliphatic carbocycles.